The quantitative estimate of drug-likeness (QED) is 0.738. The monoisotopic (exact) mass is 344 g/mol. The van der Waals surface area contributed by atoms with Gasteiger partial charge in [-0.25, -0.2) is 0 Å². The number of phenolic OH excluding ortho intramolecular Hbond substituents is 1. The molecule has 126 valence electrons. The molecule has 1 atom stereocenters. The Morgan fingerprint density at radius 2 is 2.12 bits per heavy atom. The number of hydrogen-bond donors (Lipinski definition) is 1. The minimum absolute atomic E-state index is 0.0137. The third-order valence-corrected chi connectivity index (χ3v) is 5.00. The summed E-state index contributed by atoms with van der Waals surface area (Å²) in [5, 5.41) is 10.7. The van der Waals surface area contributed by atoms with E-state index in [2.05, 4.69) is 12.1 Å². The maximum Gasteiger partial charge on any atom is 0.166 e. The van der Waals surface area contributed by atoms with Crippen molar-refractivity contribution >= 4 is 17.4 Å². The van der Waals surface area contributed by atoms with Crippen molar-refractivity contribution in [1.82, 2.24) is 0 Å². The molecule has 0 amide bonds. The SMILES string of the molecule is COc1ccc(C(=O)CCC[C@H]2CCc3cc(Cl)ccc32)c(O)c1. The third-order valence-electron chi connectivity index (χ3n) is 4.77. The number of methoxy groups -OCH3 is 1. The average molecular weight is 345 g/mol. The molecule has 0 aromatic heterocycles. The fourth-order valence-electron chi connectivity index (χ4n) is 3.49. The van der Waals surface area contributed by atoms with Crippen LogP contribution in [0, 0.1) is 0 Å². The minimum atomic E-state index is -0.0236. The van der Waals surface area contributed by atoms with Crippen molar-refractivity contribution in [2.75, 3.05) is 7.11 Å². The van der Waals surface area contributed by atoms with Crippen molar-refractivity contribution in [3.05, 3.63) is 58.1 Å². The highest BCUT2D eigenvalue weighted by atomic mass is 35.5. The summed E-state index contributed by atoms with van der Waals surface area (Å²) in [5.74, 6) is 1.02. The summed E-state index contributed by atoms with van der Waals surface area (Å²) in [6.45, 7) is 0. The van der Waals surface area contributed by atoms with Crippen LogP contribution in [0.2, 0.25) is 5.02 Å². The lowest BCUT2D eigenvalue weighted by Gasteiger charge is -2.11. The number of halogens is 1. The lowest BCUT2D eigenvalue weighted by molar-refractivity contribution is 0.0976. The summed E-state index contributed by atoms with van der Waals surface area (Å²) < 4.78 is 5.04. The summed E-state index contributed by atoms with van der Waals surface area (Å²) in [7, 11) is 1.53. The maximum absolute atomic E-state index is 12.3. The van der Waals surface area contributed by atoms with Crippen molar-refractivity contribution in [3.8, 4) is 11.5 Å². The van der Waals surface area contributed by atoms with Crippen molar-refractivity contribution in [3.63, 3.8) is 0 Å². The molecule has 24 heavy (non-hydrogen) atoms. The van der Waals surface area contributed by atoms with Gasteiger partial charge in [0.25, 0.3) is 0 Å². The zero-order valence-electron chi connectivity index (χ0n) is 13.7. The van der Waals surface area contributed by atoms with E-state index < -0.39 is 0 Å². The van der Waals surface area contributed by atoms with Crippen molar-refractivity contribution in [1.29, 1.82) is 0 Å². The summed E-state index contributed by atoms with van der Waals surface area (Å²) >= 11 is 6.04. The van der Waals surface area contributed by atoms with Crippen LogP contribution in [0.25, 0.3) is 0 Å². The van der Waals surface area contributed by atoms with Crippen molar-refractivity contribution in [2.45, 2.75) is 38.0 Å². The number of aryl methyl sites for hydroxylation is 1. The normalized spacial score (nSPS) is 16.0. The number of ketones is 1. The van der Waals surface area contributed by atoms with E-state index in [1.54, 1.807) is 12.1 Å². The lowest BCUT2D eigenvalue weighted by atomic mass is 9.94. The second kappa shape index (κ2) is 7.27. The number of ether oxygens (including phenoxy) is 1. The molecule has 3 rings (SSSR count). The number of phenols is 1. The standard InChI is InChI=1S/C20H21ClO3/c1-24-16-8-10-18(20(23)12-16)19(22)4-2-3-13-5-6-14-11-15(21)7-9-17(13)14/h7-13,23H,2-6H2,1H3/t13-/m0/s1. The van der Waals surface area contributed by atoms with Gasteiger partial charge < -0.3 is 9.84 Å². The molecule has 3 nitrogen and oxygen atoms in total. The minimum Gasteiger partial charge on any atom is -0.507 e. The molecule has 0 fully saturated rings. The molecule has 2 aromatic carbocycles. The van der Waals surface area contributed by atoms with Crippen LogP contribution in [0.3, 0.4) is 0 Å². The Kier molecular flexibility index (Phi) is 5.10. The van der Waals surface area contributed by atoms with E-state index in [0.717, 1.165) is 30.7 Å². The molecule has 1 aliphatic rings. The van der Waals surface area contributed by atoms with Gasteiger partial charge in [-0.2, -0.15) is 0 Å². The highest BCUT2D eigenvalue weighted by Gasteiger charge is 2.22. The Morgan fingerprint density at radius 3 is 2.88 bits per heavy atom. The zero-order chi connectivity index (χ0) is 17.1. The van der Waals surface area contributed by atoms with Gasteiger partial charge in [0.2, 0.25) is 0 Å². The summed E-state index contributed by atoms with van der Waals surface area (Å²) in [6, 6.07) is 10.9. The van der Waals surface area contributed by atoms with Gasteiger partial charge in [-0.05, 0) is 67.0 Å². The van der Waals surface area contributed by atoms with Crippen LogP contribution in [0.4, 0.5) is 0 Å². The Morgan fingerprint density at radius 1 is 1.29 bits per heavy atom. The summed E-state index contributed by atoms with van der Waals surface area (Å²) in [4.78, 5) is 12.3. The first kappa shape index (κ1) is 16.8. The van der Waals surface area contributed by atoms with E-state index in [1.165, 1.54) is 24.3 Å². The number of benzene rings is 2. The molecule has 1 N–H and O–H groups in total. The predicted octanol–water partition coefficient (Wildman–Crippen LogP) is 5.14. The Balaban J connectivity index is 1.57. The number of rotatable bonds is 6. The highest BCUT2D eigenvalue weighted by molar-refractivity contribution is 6.30. The van der Waals surface area contributed by atoms with E-state index >= 15 is 0 Å². The number of carbonyl (C=O) groups excluding carboxylic acids is 1. The smallest absolute Gasteiger partial charge is 0.166 e. The van der Waals surface area contributed by atoms with Crippen LogP contribution in [-0.4, -0.2) is 18.0 Å². The van der Waals surface area contributed by atoms with Crippen LogP contribution in [0.5, 0.6) is 11.5 Å². The predicted molar refractivity (Wildman–Crippen MR) is 95.4 cm³/mol. The molecular weight excluding hydrogens is 324 g/mol. The number of hydrogen-bond acceptors (Lipinski definition) is 3. The molecule has 0 saturated heterocycles. The second-order valence-electron chi connectivity index (χ2n) is 6.28. The number of aromatic hydroxyl groups is 1. The van der Waals surface area contributed by atoms with Crippen LogP contribution in [0.15, 0.2) is 36.4 Å². The first-order valence-electron chi connectivity index (χ1n) is 8.27. The average Bonchev–Trinajstić information content (AvgIpc) is 2.96. The van der Waals surface area contributed by atoms with Crippen LogP contribution < -0.4 is 4.74 Å². The second-order valence-corrected chi connectivity index (χ2v) is 6.71. The number of fused-ring (bicyclic) bond motifs is 1. The molecule has 0 spiro atoms. The molecule has 0 radical (unpaired) electrons. The van der Waals surface area contributed by atoms with Gasteiger partial charge in [-0.3, -0.25) is 4.79 Å². The van der Waals surface area contributed by atoms with E-state index in [4.69, 9.17) is 16.3 Å². The fraction of sp³-hybridized carbons (Fsp3) is 0.350. The third kappa shape index (κ3) is 3.57. The molecular formula is C20H21ClO3. The summed E-state index contributed by atoms with van der Waals surface area (Å²) in [6.07, 6.45) is 4.43. The molecule has 0 aliphatic heterocycles. The van der Waals surface area contributed by atoms with E-state index in [0.29, 0.717) is 23.7 Å². The van der Waals surface area contributed by atoms with Gasteiger partial charge in [0.05, 0.1) is 12.7 Å². The van der Waals surface area contributed by atoms with Crippen LogP contribution in [0.1, 0.15) is 53.1 Å². The van der Waals surface area contributed by atoms with Crippen molar-refractivity contribution in [2.24, 2.45) is 0 Å². The molecule has 1 aliphatic carbocycles. The van der Waals surface area contributed by atoms with Gasteiger partial charge in [-0.1, -0.05) is 17.7 Å². The molecule has 0 unspecified atom stereocenters. The van der Waals surface area contributed by atoms with Crippen LogP contribution in [-0.2, 0) is 6.42 Å². The maximum atomic E-state index is 12.3. The Bertz CT molecular complexity index is 755. The summed E-state index contributed by atoms with van der Waals surface area (Å²) in [5.41, 5.74) is 3.08. The van der Waals surface area contributed by atoms with Gasteiger partial charge in [0.1, 0.15) is 11.5 Å². The lowest BCUT2D eigenvalue weighted by Crippen LogP contribution is -2.02. The zero-order valence-corrected chi connectivity index (χ0v) is 14.5. The first-order valence-corrected chi connectivity index (χ1v) is 8.65. The van der Waals surface area contributed by atoms with Gasteiger partial charge in [0.15, 0.2) is 5.78 Å². The Labute approximate surface area is 147 Å². The van der Waals surface area contributed by atoms with Gasteiger partial charge >= 0.3 is 0 Å². The van der Waals surface area contributed by atoms with Gasteiger partial charge in [0, 0.05) is 17.5 Å². The van der Waals surface area contributed by atoms with E-state index in [9.17, 15) is 9.90 Å². The molecule has 2 aromatic rings. The first-order chi connectivity index (χ1) is 11.6. The van der Waals surface area contributed by atoms with Gasteiger partial charge in [-0.15, -0.1) is 0 Å². The molecule has 0 bridgehead atoms. The van der Waals surface area contributed by atoms with Crippen molar-refractivity contribution < 1.29 is 14.6 Å². The largest absolute Gasteiger partial charge is 0.507 e. The van der Waals surface area contributed by atoms with E-state index in [1.807, 2.05) is 6.07 Å². The molecule has 0 saturated carbocycles. The fourth-order valence-corrected chi connectivity index (χ4v) is 3.69. The topological polar surface area (TPSA) is 46.5 Å². The van der Waals surface area contributed by atoms with Crippen LogP contribution >= 0.6 is 11.6 Å². The Hall–Kier alpha value is -2.00. The molecule has 0 heterocycles. The molecule has 4 heteroatoms. The van der Waals surface area contributed by atoms with E-state index in [-0.39, 0.29) is 11.5 Å². The number of carbonyl (C=O) groups is 1. The highest BCUT2D eigenvalue weighted by Crippen LogP contribution is 2.38. The number of Topliss-reactive ketones (excluding diaryl/α,β-unsaturated/α-hetero) is 1.